The summed E-state index contributed by atoms with van der Waals surface area (Å²) in [6.45, 7) is 6.82. The number of halogens is 1. The minimum absolute atomic E-state index is 0.0740. The van der Waals surface area contributed by atoms with E-state index in [1.807, 2.05) is 6.07 Å². The van der Waals surface area contributed by atoms with E-state index >= 15 is 0 Å². The summed E-state index contributed by atoms with van der Waals surface area (Å²) in [4.78, 5) is 33.6. The number of aliphatic hydroxyl groups excluding tert-OH is 1. The van der Waals surface area contributed by atoms with Crippen molar-refractivity contribution in [3.63, 3.8) is 0 Å². The van der Waals surface area contributed by atoms with Gasteiger partial charge in [0.25, 0.3) is 11.7 Å². The summed E-state index contributed by atoms with van der Waals surface area (Å²) in [5.41, 5.74) is 1.19. The lowest BCUT2D eigenvalue weighted by Gasteiger charge is -2.28. The number of hydrogen-bond donors (Lipinski definition) is 1. The molecule has 6 nitrogen and oxygen atoms in total. The van der Waals surface area contributed by atoms with E-state index in [0.29, 0.717) is 29.2 Å². The number of carbonyl (C=O) groups is 2. The first-order chi connectivity index (χ1) is 14.0. The Morgan fingerprint density at radius 3 is 2.45 bits per heavy atom. The van der Waals surface area contributed by atoms with Gasteiger partial charge < -0.3 is 14.9 Å². The number of likely N-dealkylation sites (N-methyl/N-ethyl adjacent to an activating group) is 1. The maximum absolute atomic E-state index is 12.9. The van der Waals surface area contributed by atoms with Crippen LogP contribution in [0.1, 0.15) is 31.0 Å². The molecule has 152 valence electrons. The van der Waals surface area contributed by atoms with Gasteiger partial charge in [-0.05, 0) is 49.0 Å². The highest BCUT2D eigenvalue weighted by atomic mass is 35.5. The van der Waals surface area contributed by atoms with Gasteiger partial charge in [0.05, 0.1) is 11.6 Å². The summed E-state index contributed by atoms with van der Waals surface area (Å²) < 4.78 is 0. The van der Waals surface area contributed by atoms with Crippen LogP contribution in [-0.4, -0.2) is 57.8 Å². The van der Waals surface area contributed by atoms with E-state index in [-0.39, 0.29) is 11.3 Å². The van der Waals surface area contributed by atoms with Gasteiger partial charge in [-0.25, -0.2) is 0 Å². The number of amides is 1. The van der Waals surface area contributed by atoms with Gasteiger partial charge in [0.1, 0.15) is 5.76 Å². The van der Waals surface area contributed by atoms with Crippen molar-refractivity contribution < 1.29 is 14.7 Å². The Bertz CT molecular complexity index is 909. The zero-order valence-corrected chi connectivity index (χ0v) is 17.3. The van der Waals surface area contributed by atoms with Gasteiger partial charge in [0, 0.05) is 36.1 Å². The van der Waals surface area contributed by atoms with Gasteiger partial charge in [-0.2, -0.15) is 0 Å². The van der Waals surface area contributed by atoms with E-state index in [1.165, 1.54) is 4.90 Å². The van der Waals surface area contributed by atoms with Crippen molar-refractivity contribution in [1.29, 1.82) is 0 Å². The SMILES string of the molecule is CCN(CC)CCN1C(=O)C(=O)/C(=C(\O)c2ccc(Cl)cc2)C1c1cccnc1. The van der Waals surface area contributed by atoms with Crippen LogP contribution in [0, 0.1) is 0 Å². The smallest absolute Gasteiger partial charge is 0.295 e. The average Bonchev–Trinajstić information content (AvgIpc) is 3.00. The number of ketones is 1. The lowest BCUT2D eigenvalue weighted by Crippen LogP contribution is -2.38. The van der Waals surface area contributed by atoms with Crippen molar-refractivity contribution in [2.24, 2.45) is 0 Å². The van der Waals surface area contributed by atoms with Crippen molar-refractivity contribution in [3.8, 4) is 0 Å². The summed E-state index contributed by atoms with van der Waals surface area (Å²) in [5, 5.41) is 11.4. The lowest BCUT2D eigenvalue weighted by atomic mass is 9.96. The molecular weight excluding hydrogens is 390 g/mol. The molecule has 1 saturated heterocycles. The Hall–Kier alpha value is -2.70. The molecule has 3 rings (SSSR count). The molecule has 1 aliphatic rings. The first kappa shape index (κ1) is 21.0. The van der Waals surface area contributed by atoms with Crippen LogP contribution in [0.2, 0.25) is 5.02 Å². The Morgan fingerprint density at radius 1 is 1.17 bits per heavy atom. The van der Waals surface area contributed by atoms with Crippen LogP contribution in [-0.2, 0) is 9.59 Å². The van der Waals surface area contributed by atoms with Crippen LogP contribution < -0.4 is 0 Å². The molecule has 1 aliphatic heterocycles. The molecule has 0 bridgehead atoms. The number of likely N-dealkylation sites (tertiary alicyclic amines) is 1. The fraction of sp³-hybridized carbons (Fsp3) is 0.318. The Balaban J connectivity index is 2.06. The van der Waals surface area contributed by atoms with Crippen molar-refractivity contribution in [2.75, 3.05) is 26.2 Å². The van der Waals surface area contributed by atoms with Crippen molar-refractivity contribution in [1.82, 2.24) is 14.8 Å². The van der Waals surface area contributed by atoms with Gasteiger partial charge in [-0.3, -0.25) is 14.6 Å². The standard InChI is InChI=1S/C22H24ClN3O3/c1-3-25(4-2)12-13-26-19(16-6-5-11-24-14-16)18(21(28)22(26)29)20(27)15-7-9-17(23)10-8-15/h5-11,14,19,27H,3-4,12-13H2,1-2H3/b20-18-. The summed E-state index contributed by atoms with van der Waals surface area (Å²) in [7, 11) is 0. The fourth-order valence-electron chi connectivity index (χ4n) is 3.55. The highest BCUT2D eigenvalue weighted by Gasteiger charge is 2.46. The Labute approximate surface area is 175 Å². The van der Waals surface area contributed by atoms with E-state index in [4.69, 9.17) is 11.6 Å². The highest BCUT2D eigenvalue weighted by molar-refractivity contribution is 6.46. The molecule has 29 heavy (non-hydrogen) atoms. The molecule has 7 heteroatoms. The molecule has 1 N–H and O–H groups in total. The van der Waals surface area contributed by atoms with Crippen molar-refractivity contribution in [2.45, 2.75) is 19.9 Å². The average molecular weight is 414 g/mol. The second kappa shape index (κ2) is 9.20. The first-order valence-electron chi connectivity index (χ1n) is 9.64. The summed E-state index contributed by atoms with van der Waals surface area (Å²) in [6.07, 6.45) is 3.25. The third-order valence-corrected chi connectivity index (χ3v) is 5.46. The van der Waals surface area contributed by atoms with Gasteiger partial charge >= 0.3 is 0 Å². The molecule has 1 unspecified atom stereocenters. The van der Waals surface area contributed by atoms with Crippen LogP contribution in [0.15, 0.2) is 54.4 Å². The van der Waals surface area contributed by atoms with Crippen LogP contribution >= 0.6 is 11.6 Å². The molecule has 1 atom stereocenters. The summed E-state index contributed by atoms with van der Waals surface area (Å²) in [6, 6.07) is 9.39. The number of pyridine rings is 1. The predicted octanol–water partition coefficient (Wildman–Crippen LogP) is 3.50. The fourth-order valence-corrected chi connectivity index (χ4v) is 3.67. The molecule has 2 aromatic rings. The van der Waals surface area contributed by atoms with Crippen molar-refractivity contribution in [3.05, 3.63) is 70.5 Å². The molecule has 1 aromatic heterocycles. The molecule has 0 radical (unpaired) electrons. The number of nitrogens with zero attached hydrogens (tertiary/aromatic N) is 3. The third-order valence-electron chi connectivity index (χ3n) is 5.21. The second-order valence-corrected chi connectivity index (χ2v) is 7.25. The number of aromatic nitrogens is 1. The normalized spacial score (nSPS) is 18.6. The maximum atomic E-state index is 12.9. The third kappa shape index (κ3) is 4.33. The Morgan fingerprint density at radius 2 is 1.86 bits per heavy atom. The number of benzene rings is 1. The highest BCUT2D eigenvalue weighted by Crippen LogP contribution is 2.39. The van der Waals surface area contributed by atoms with Gasteiger partial charge in [-0.1, -0.05) is 31.5 Å². The van der Waals surface area contributed by atoms with Gasteiger partial charge in [0.2, 0.25) is 0 Å². The minimum atomic E-state index is -0.689. The topological polar surface area (TPSA) is 73.7 Å². The number of rotatable bonds is 7. The molecule has 1 fully saturated rings. The zero-order chi connectivity index (χ0) is 21.0. The number of hydrogen-bond acceptors (Lipinski definition) is 5. The van der Waals surface area contributed by atoms with Crippen LogP contribution in [0.4, 0.5) is 0 Å². The summed E-state index contributed by atoms with van der Waals surface area (Å²) in [5.74, 6) is -1.51. The molecule has 1 aromatic carbocycles. The molecule has 0 aliphatic carbocycles. The van der Waals surface area contributed by atoms with E-state index in [2.05, 4.69) is 23.7 Å². The lowest BCUT2D eigenvalue weighted by molar-refractivity contribution is -0.140. The van der Waals surface area contributed by atoms with Crippen molar-refractivity contribution >= 4 is 29.1 Å². The van der Waals surface area contributed by atoms with Crippen LogP contribution in [0.25, 0.3) is 5.76 Å². The summed E-state index contributed by atoms with van der Waals surface area (Å²) >= 11 is 5.93. The van der Waals surface area contributed by atoms with Crippen LogP contribution in [0.3, 0.4) is 0 Å². The Kier molecular flexibility index (Phi) is 6.67. The van der Waals surface area contributed by atoms with E-state index in [0.717, 1.165) is 13.1 Å². The predicted molar refractivity (Wildman–Crippen MR) is 112 cm³/mol. The van der Waals surface area contributed by atoms with Crippen LogP contribution in [0.5, 0.6) is 0 Å². The molecular formula is C22H24ClN3O3. The van der Waals surface area contributed by atoms with E-state index < -0.39 is 17.7 Å². The second-order valence-electron chi connectivity index (χ2n) is 6.81. The molecule has 2 heterocycles. The molecule has 1 amide bonds. The monoisotopic (exact) mass is 413 g/mol. The number of carbonyl (C=O) groups excluding carboxylic acids is 2. The molecule has 0 saturated carbocycles. The first-order valence-corrected chi connectivity index (χ1v) is 10.0. The van der Waals surface area contributed by atoms with Gasteiger partial charge in [-0.15, -0.1) is 0 Å². The van der Waals surface area contributed by atoms with E-state index in [1.54, 1.807) is 42.7 Å². The van der Waals surface area contributed by atoms with Gasteiger partial charge in [0.15, 0.2) is 0 Å². The maximum Gasteiger partial charge on any atom is 0.295 e. The quantitative estimate of drug-likeness (QED) is 0.427. The number of Topliss-reactive ketones (excluding diaryl/α,β-unsaturated/α-hetero) is 1. The zero-order valence-electron chi connectivity index (χ0n) is 16.5. The number of aliphatic hydroxyl groups is 1. The minimum Gasteiger partial charge on any atom is -0.507 e. The molecule has 0 spiro atoms. The van der Waals surface area contributed by atoms with E-state index in [9.17, 15) is 14.7 Å². The largest absolute Gasteiger partial charge is 0.507 e.